The SMILES string of the molecule is Cl.O=C(CC(F)(F)F)NC1CCC(CCN2CCN(c3cc(C(F)(F)F)ccc3F)CC2)CC1. The van der Waals surface area contributed by atoms with Crippen LogP contribution in [0.1, 0.15) is 44.1 Å². The van der Waals surface area contributed by atoms with Crippen molar-refractivity contribution in [2.24, 2.45) is 5.92 Å². The topological polar surface area (TPSA) is 35.6 Å². The summed E-state index contributed by atoms with van der Waals surface area (Å²) in [4.78, 5) is 15.3. The number of hydrogen-bond acceptors (Lipinski definition) is 3. The Hall–Kier alpha value is -1.75. The van der Waals surface area contributed by atoms with Gasteiger partial charge in [-0.15, -0.1) is 12.4 Å². The summed E-state index contributed by atoms with van der Waals surface area (Å²) >= 11 is 0. The van der Waals surface area contributed by atoms with Gasteiger partial charge >= 0.3 is 12.4 Å². The lowest BCUT2D eigenvalue weighted by Crippen LogP contribution is -2.47. The van der Waals surface area contributed by atoms with Crippen molar-refractivity contribution in [2.75, 3.05) is 37.6 Å². The number of nitrogens with one attached hydrogen (secondary N) is 1. The van der Waals surface area contributed by atoms with E-state index < -0.39 is 36.1 Å². The van der Waals surface area contributed by atoms with E-state index in [0.29, 0.717) is 44.9 Å². The lowest BCUT2D eigenvalue weighted by atomic mass is 9.84. The van der Waals surface area contributed by atoms with Crippen LogP contribution in [0.3, 0.4) is 0 Å². The van der Waals surface area contributed by atoms with E-state index in [1.54, 1.807) is 4.90 Å². The molecule has 2 fully saturated rings. The number of benzene rings is 1. The number of piperazine rings is 1. The van der Waals surface area contributed by atoms with Gasteiger partial charge in [0.15, 0.2) is 0 Å². The summed E-state index contributed by atoms with van der Waals surface area (Å²) in [5.41, 5.74) is -0.901. The molecule has 0 atom stereocenters. The number of halogens is 8. The first-order valence-electron chi connectivity index (χ1n) is 11.1. The van der Waals surface area contributed by atoms with E-state index in [1.165, 1.54) is 0 Å². The largest absolute Gasteiger partial charge is 0.416 e. The Bertz CT molecular complexity index is 803. The van der Waals surface area contributed by atoms with Gasteiger partial charge in [0.25, 0.3) is 0 Å². The molecular weight excluding hydrogens is 491 g/mol. The predicted octanol–water partition coefficient (Wildman–Crippen LogP) is 5.41. The lowest BCUT2D eigenvalue weighted by Gasteiger charge is -2.37. The van der Waals surface area contributed by atoms with E-state index in [0.717, 1.165) is 44.0 Å². The van der Waals surface area contributed by atoms with Gasteiger partial charge in [-0.05, 0) is 62.8 Å². The summed E-state index contributed by atoms with van der Waals surface area (Å²) in [6.45, 7) is 2.87. The molecule has 1 aliphatic carbocycles. The monoisotopic (exact) mass is 519 g/mol. The summed E-state index contributed by atoms with van der Waals surface area (Å²) in [7, 11) is 0. The fourth-order valence-corrected chi connectivity index (χ4v) is 4.57. The third kappa shape index (κ3) is 8.48. The highest BCUT2D eigenvalue weighted by molar-refractivity contribution is 5.85. The minimum Gasteiger partial charge on any atom is -0.367 e. The molecule has 2 aliphatic rings. The minimum atomic E-state index is -4.52. The summed E-state index contributed by atoms with van der Waals surface area (Å²) in [6, 6.07) is 2.23. The second-order valence-corrected chi connectivity index (χ2v) is 8.86. The highest BCUT2D eigenvalue weighted by Crippen LogP contribution is 2.33. The van der Waals surface area contributed by atoms with Gasteiger partial charge in [0.1, 0.15) is 12.2 Å². The van der Waals surface area contributed by atoms with Gasteiger partial charge in [-0.2, -0.15) is 26.3 Å². The van der Waals surface area contributed by atoms with Gasteiger partial charge in [-0.1, -0.05) is 0 Å². The van der Waals surface area contributed by atoms with Crippen LogP contribution in [0.2, 0.25) is 0 Å². The lowest BCUT2D eigenvalue weighted by molar-refractivity contribution is -0.154. The Morgan fingerprint density at radius 1 is 0.971 bits per heavy atom. The molecule has 1 aromatic carbocycles. The average Bonchev–Trinajstić information content (AvgIpc) is 2.72. The molecule has 34 heavy (non-hydrogen) atoms. The molecule has 0 aromatic heterocycles. The number of carbonyl (C=O) groups excluding carboxylic acids is 1. The van der Waals surface area contributed by atoms with Crippen LogP contribution in [0.15, 0.2) is 18.2 Å². The first-order chi connectivity index (χ1) is 15.4. The van der Waals surface area contributed by atoms with Crippen molar-refractivity contribution in [1.29, 1.82) is 0 Å². The third-order valence-electron chi connectivity index (χ3n) is 6.41. The van der Waals surface area contributed by atoms with Gasteiger partial charge in [0.05, 0.1) is 11.3 Å². The van der Waals surface area contributed by atoms with Crippen molar-refractivity contribution in [3.8, 4) is 0 Å². The molecule has 1 heterocycles. The maximum absolute atomic E-state index is 14.1. The highest BCUT2D eigenvalue weighted by atomic mass is 35.5. The minimum absolute atomic E-state index is 0. The normalized spacial score (nSPS) is 22.3. The number of alkyl halides is 6. The highest BCUT2D eigenvalue weighted by Gasteiger charge is 2.33. The molecule has 1 aromatic rings. The summed E-state index contributed by atoms with van der Waals surface area (Å²) < 4.78 is 89.8. The van der Waals surface area contributed by atoms with Crippen LogP contribution in [0.4, 0.5) is 36.4 Å². The number of carbonyl (C=O) groups is 1. The fraction of sp³-hybridized carbons (Fsp3) is 0.682. The Balaban J connectivity index is 0.00000408. The summed E-state index contributed by atoms with van der Waals surface area (Å²) in [5.74, 6) is -1.24. The molecule has 1 aliphatic heterocycles. The van der Waals surface area contributed by atoms with Crippen molar-refractivity contribution < 1.29 is 35.5 Å². The molecule has 12 heteroatoms. The quantitative estimate of drug-likeness (QED) is 0.511. The average molecular weight is 520 g/mol. The Labute approximate surface area is 200 Å². The van der Waals surface area contributed by atoms with Crippen LogP contribution in [-0.2, 0) is 11.0 Å². The van der Waals surface area contributed by atoms with E-state index in [2.05, 4.69) is 10.2 Å². The second kappa shape index (κ2) is 11.8. The molecule has 1 saturated heterocycles. The van der Waals surface area contributed by atoms with Crippen molar-refractivity contribution >= 4 is 24.0 Å². The molecule has 0 spiro atoms. The van der Waals surface area contributed by atoms with Crippen LogP contribution >= 0.6 is 12.4 Å². The zero-order valence-corrected chi connectivity index (χ0v) is 19.3. The number of nitrogens with zero attached hydrogens (tertiary/aromatic N) is 2. The maximum atomic E-state index is 14.1. The molecular formula is C22H29ClF7N3O. The number of amides is 1. The van der Waals surface area contributed by atoms with Crippen molar-refractivity contribution in [3.63, 3.8) is 0 Å². The molecule has 1 amide bonds. The standard InChI is InChI=1S/C22H28F7N3O.ClH/c23-18-6-3-16(22(27,28)29)13-19(18)32-11-9-31(10-12-32)8-7-15-1-4-17(5-2-15)30-20(33)14-21(24,25)26;/h3,6,13,15,17H,1-2,4-5,7-12,14H2,(H,30,33);1H. The predicted molar refractivity (Wildman–Crippen MR) is 116 cm³/mol. The summed E-state index contributed by atoms with van der Waals surface area (Å²) in [5, 5.41) is 2.46. The second-order valence-electron chi connectivity index (χ2n) is 8.86. The zero-order chi connectivity index (χ0) is 24.2. The Morgan fingerprint density at radius 2 is 1.59 bits per heavy atom. The van der Waals surface area contributed by atoms with Crippen LogP contribution in [-0.4, -0.2) is 55.7 Å². The smallest absolute Gasteiger partial charge is 0.367 e. The number of anilines is 1. The van der Waals surface area contributed by atoms with Crippen LogP contribution in [0, 0.1) is 11.7 Å². The van der Waals surface area contributed by atoms with Gasteiger partial charge in [0.2, 0.25) is 5.91 Å². The van der Waals surface area contributed by atoms with Crippen LogP contribution in [0.5, 0.6) is 0 Å². The van der Waals surface area contributed by atoms with Crippen LogP contribution in [0.25, 0.3) is 0 Å². The molecule has 0 bridgehead atoms. The molecule has 1 N–H and O–H groups in total. The van der Waals surface area contributed by atoms with Gasteiger partial charge < -0.3 is 10.2 Å². The van der Waals surface area contributed by atoms with Crippen molar-refractivity contribution in [3.05, 3.63) is 29.6 Å². The number of hydrogen-bond donors (Lipinski definition) is 1. The molecule has 4 nitrogen and oxygen atoms in total. The molecule has 1 saturated carbocycles. The van der Waals surface area contributed by atoms with Crippen molar-refractivity contribution in [2.45, 2.75) is 56.9 Å². The van der Waals surface area contributed by atoms with Gasteiger partial charge in [-0.25, -0.2) is 4.39 Å². The molecule has 194 valence electrons. The molecule has 0 radical (unpaired) electrons. The first-order valence-corrected chi connectivity index (χ1v) is 11.1. The maximum Gasteiger partial charge on any atom is 0.416 e. The Morgan fingerprint density at radius 3 is 2.15 bits per heavy atom. The Kier molecular flexibility index (Phi) is 9.88. The van der Waals surface area contributed by atoms with E-state index in [4.69, 9.17) is 0 Å². The van der Waals surface area contributed by atoms with Crippen molar-refractivity contribution in [1.82, 2.24) is 10.2 Å². The molecule has 0 unspecified atom stereocenters. The zero-order valence-electron chi connectivity index (χ0n) is 18.5. The number of rotatable bonds is 6. The van der Waals surface area contributed by atoms with E-state index in [1.807, 2.05) is 0 Å². The van der Waals surface area contributed by atoms with E-state index in [-0.39, 0.29) is 24.1 Å². The van der Waals surface area contributed by atoms with Gasteiger partial charge in [0, 0.05) is 32.2 Å². The molecule has 3 rings (SSSR count). The first kappa shape index (κ1) is 28.5. The van der Waals surface area contributed by atoms with E-state index >= 15 is 0 Å². The fourth-order valence-electron chi connectivity index (χ4n) is 4.57. The third-order valence-corrected chi connectivity index (χ3v) is 6.41. The summed E-state index contributed by atoms with van der Waals surface area (Å²) in [6.07, 6.45) is -6.63. The van der Waals surface area contributed by atoms with Crippen LogP contribution < -0.4 is 10.2 Å². The van der Waals surface area contributed by atoms with E-state index in [9.17, 15) is 35.5 Å². The van der Waals surface area contributed by atoms with Gasteiger partial charge in [-0.3, -0.25) is 9.69 Å².